The molecule has 0 fully saturated rings. The second kappa shape index (κ2) is 8.31. The smallest absolute Gasteiger partial charge is 0.232 e. The number of rotatable bonds is 8. The molecule has 2 rings (SSSR count). The Balaban J connectivity index is 2.38. The number of nitrogens with zero attached hydrogens (tertiary/aromatic N) is 2. The van der Waals surface area contributed by atoms with E-state index in [1.165, 1.54) is 10.6 Å². The Morgan fingerprint density at radius 1 is 1.00 bits per heavy atom. The number of hydrogen-bond donors (Lipinski definition) is 1. The van der Waals surface area contributed by atoms with Gasteiger partial charge in [0.2, 0.25) is 10.0 Å². The Morgan fingerprint density at radius 3 is 2.04 bits per heavy atom. The molecule has 0 saturated heterocycles. The third-order valence-electron chi connectivity index (χ3n) is 4.28. The average Bonchev–Trinajstić information content (AvgIpc) is 2.61. The van der Waals surface area contributed by atoms with Crippen molar-refractivity contribution in [2.75, 3.05) is 41.4 Å². The van der Waals surface area contributed by atoms with Gasteiger partial charge in [0.1, 0.15) is 0 Å². The summed E-state index contributed by atoms with van der Waals surface area (Å²) < 4.78 is 25.1. The number of nitrogens with one attached hydrogen (secondary N) is 1. The average molecular weight is 386 g/mol. The minimum Gasteiger partial charge on any atom is -0.377 e. The molecule has 0 aromatic heterocycles. The van der Waals surface area contributed by atoms with E-state index in [-0.39, 0.29) is 0 Å². The number of hydrogen-bond acceptors (Lipinski definition) is 4. The topological polar surface area (TPSA) is 52.7 Å². The van der Waals surface area contributed by atoms with Gasteiger partial charge in [0.15, 0.2) is 0 Å². The van der Waals surface area contributed by atoms with Crippen LogP contribution >= 0.6 is 0 Å². The maximum absolute atomic E-state index is 11.9. The highest BCUT2D eigenvalue weighted by Gasteiger charge is 2.15. The van der Waals surface area contributed by atoms with Gasteiger partial charge in [-0.1, -0.05) is 25.3 Å². The molecule has 2 aromatic rings. The predicted octanol–water partition coefficient (Wildman–Crippen LogP) is 4.57. The molecule has 0 bridgehead atoms. The Morgan fingerprint density at radius 2 is 1.59 bits per heavy atom. The molecule has 0 amide bonds. The fourth-order valence-electron chi connectivity index (χ4n) is 3.03. The lowest BCUT2D eigenvalue weighted by Gasteiger charge is -2.22. The van der Waals surface area contributed by atoms with Gasteiger partial charge in [0.25, 0.3) is 0 Å². The Bertz CT molecular complexity index is 933. The first-order chi connectivity index (χ1) is 12.7. The van der Waals surface area contributed by atoms with Crippen molar-refractivity contribution in [3.63, 3.8) is 0 Å². The zero-order valence-corrected chi connectivity index (χ0v) is 17.2. The molecule has 0 unspecified atom stereocenters. The lowest BCUT2D eigenvalue weighted by molar-refractivity contribution is 0.598. The minimum absolute atomic E-state index is 0.390. The molecule has 27 heavy (non-hydrogen) atoms. The van der Waals surface area contributed by atoms with Crippen LogP contribution in [-0.2, 0) is 10.0 Å². The van der Waals surface area contributed by atoms with Crippen LogP contribution in [0.3, 0.4) is 0 Å². The maximum Gasteiger partial charge on any atom is 0.232 e. The first kappa shape index (κ1) is 20.6. The summed E-state index contributed by atoms with van der Waals surface area (Å²) in [6.07, 6.45) is 4.84. The van der Waals surface area contributed by atoms with Gasteiger partial charge in [0.05, 0.1) is 11.9 Å². The first-order valence-electron chi connectivity index (χ1n) is 8.67. The molecule has 6 heteroatoms. The van der Waals surface area contributed by atoms with Crippen LogP contribution in [0.25, 0.3) is 12.2 Å². The van der Waals surface area contributed by atoms with E-state index < -0.39 is 10.0 Å². The quantitative estimate of drug-likeness (QED) is 0.723. The molecular weight excluding hydrogens is 358 g/mol. The second-order valence-corrected chi connectivity index (χ2v) is 8.27. The maximum atomic E-state index is 11.9. The Hall–Kier alpha value is -2.73. The standard InChI is InChI=1S/C21H27N3O2S/c1-7-18-19(8-2)21(23(4)5)15-14-20(18)22-16-10-12-17(13-11-16)24(9-3)27(6,25)26/h7-8,10-15,22H,1-2,9H2,3-6H3. The van der Waals surface area contributed by atoms with Crippen molar-refractivity contribution in [2.24, 2.45) is 0 Å². The van der Waals surface area contributed by atoms with Crippen molar-refractivity contribution >= 4 is 44.9 Å². The van der Waals surface area contributed by atoms with E-state index in [4.69, 9.17) is 0 Å². The van der Waals surface area contributed by atoms with Crippen LogP contribution in [0.2, 0.25) is 0 Å². The molecule has 0 radical (unpaired) electrons. The normalized spacial score (nSPS) is 11.0. The predicted molar refractivity (Wildman–Crippen MR) is 119 cm³/mol. The fraction of sp³-hybridized carbons (Fsp3) is 0.238. The van der Waals surface area contributed by atoms with Crippen molar-refractivity contribution in [3.8, 4) is 0 Å². The van der Waals surface area contributed by atoms with E-state index in [0.717, 1.165) is 28.2 Å². The molecule has 5 nitrogen and oxygen atoms in total. The highest BCUT2D eigenvalue weighted by molar-refractivity contribution is 7.92. The summed E-state index contributed by atoms with van der Waals surface area (Å²) in [6, 6.07) is 11.4. The van der Waals surface area contributed by atoms with Gasteiger partial charge in [-0.15, -0.1) is 0 Å². The zero-order chi connectivity index (χ0) is 20.2. The number of benzene rings is 2. The Kier molecular flexibility index (Phi) is 6.33. The number of anilines is 4. The molecule has 2 aromatic carbocycles. The third-order valence-corrected chi connectivity index (χ3v) is 5.55. The first-order valence-corrected chi connectivity index (χ1v) is 10.5. The monoisotopic (exact) mass is 385 g/mol. The van der Waals surface area contributed by atoms with Gasteiger partial charge in [0, 0.05) is 48.8 Å². The van der Waals surface area contributed by atoms with Crippen LogP contribution in [-0.4, -0.2) is 35.3 Å². The highest BCUT2D eigenvalue weighted by Crippen LogP contribution is 2.33. The van der Waals surface area contributed by atoms with E-state index in [1.807, 2.05) is 62.3 Å². The molecule has 1 N–H and O–H groups in total. The summed E-state index contributed by atoms with van der Waals surface area (Å²) in [5.74, 6) is 0. The Labute approximate surface area is 162 Å². The van der Waals surface area contributed by atoms with E-state index in [2.05, 4.69) is 18.5 Å². The van der Waals surface area contributed by atoms with Crippen molar-refractivity contribution in [1.29, 1.82) is 0 Å². The van der Waals surface area contributed by atoms with Gasteiger partial charge in [-0.25, -0.2) is 8.42 Å². The molecule has 0 aliphatic carbocycles. The summed E-state index contributed by atoms with van der Waals surface area (Å²) in [5, 5.41) is 3.38. The zero-order valence-electron chi connectivity index (χ0n) is 16.4. The fourth-order valence-corrected chi connectivity index (χ4v) is 4.01. The van der Waals surface area contributed by atoms with Crippen molar-refractivity contribution in [2.45, 2.75) is 6.92 Å². The lowest BCUT2D eigenvalue weighted by Crippen LogP contribution is -2.29. The SMILES string of the molecule is C=Cc1c(Nc2ccc(N(CC)S(C)(=O)=O)cc2)ccc(N(C)C)c1C=C. The summed E-state index contributed by atoms with van der Waals surface area (Å²) in [7, 11) is 0.688. The molecule has 0 aliphatic heterocycles. The van der Waals surface area contributed by atoms with E-state index >= 15 is 0 Å². The molecular formula is C21H27N3O2S. The largest absolute Gasteiger partial charge is 0.377 e. The molecule has 0 spiro atoms. The van der Waals surface area contributed by atoms with Gasteiger partial charge in [-0.3, -0.25) is 4.31 Å². The molecule has 144 valence electrons. The van der Waals surface area contributed by atoms with E-state index in [9.17, 15) is 8.42 Å². The van der Waals surface area contributed by atoms with E-state index in [0.29, 0.717) is 12.2 Å². The number of sulfonamides is 1. The molecule has 0 aliphatic rings. The summed E-state index contributed by atoms with van der Waals surface area (Å²) in [4.78, 5) is 2.03. The molecule has 0 atom stereocenters. The lowest BCUT2D eigenvalue weighted by atomic mass is 10.0. The van der Waals surface area contributed by atoms with Crippen LogP contribution in [0.4, 0.5) is 22.7 Å². The van der Waals surface area contributed by atoms with Gasteiger partial charge in [-0.2, -0.15) is 0 Å². The van der Waals surface area contributed by atoms with Crippen molar-refractivity contribution in [3.05, 3.63) is 60.7 Å². The van der Waals surface area contributed by atoms with E-state index in [1.54, 1.807) is 12.1 Å². The molecule has 0 heterocycles. The second-order valence-electron chi connectivity index (χ2n) is 6.36. The van der Waals surface area contributed by atoms with Crippen molar-refractivity contribution in [1.82, 2.24) is 0 Å². The van der Waals surface area contributed by atoms with Crippen LogP contribution in [0, 0.1) is 0 Å². The minimum atomic E-state index is -3.29. The van der Waals surface area contributed by atoms with Crippen LogP contribution in [0.1, 0.15) is 18.1 Å². The van der Waals surface area contributed by atoms with Gasteiger partial charge >= 0.3 is 0 Å². The van der Waals surface area contributed by atoms with Crippen LogP contribution < -0.4 is 14.5 Å². The molecule has 0 saturated carbocycles. The van der Waals surface area contributed by atoms with Crippen LogP contribution in [0.5, 0.6) is 0 Å². The summed E-state index contributed by atoms with van der Waals surface area (Å²) in [5.41, 5.74) is 5.45. The van der Waals surface area contributed by atoms with Gasteiger partial charge < -0.3 is 10.2 Å². The van der Waals surface area contributed by atoms with Crippen molar-refractivity contribution < 1.29 is 8.42 Å². The van der Waals surface area contributed by atoms with Crippen LogP contribution in [0.15, 0.2) is 49.6 Å². The summed E-state index contributed by atoms with van der Waals surface area (Å²) in [6.45, 7) is 10.1. The van der Waals surface area contributed by atoms with Gasteiger partial charge in [-0.05, 0) is 43.3 Å². The summed E-state index contributed by atoms with van der Waals surface area (Å²) >= 11 is 0. The third kappa shape index (κ3) is 4.52. The highest BCUT2D eigenvalue weighted by atomic mass is 32.2.